The van der Waals surface area contributed by atoms with E-state index in [1.54, 1.807) is 6.92 Å². The van der Waals surface area contributed by atoms with E-state index in [4.69, 9.17) is 16.3 Å². The number of hydrogen-bond donors (Lipinski definition) is 2. The van der Waals surface area contributed by atoms with Crippen LogP contribution in [0, 0.1) is 23.7 Å². The zero-order valence-corrected chi connectivity index (χ0v) is 13.4. The molecular weight excluding hydrogens is 306 g/mol. The van der Waals surface area contributed by atoms with Gasteiger partial charge in [-0.3, -0.25) is 4.79 Å². The molecule has 2 aliphatic heterocycles. The fourth-order valence-corrected chi connectivity index (χ4v) is 5.45. The van der Waals surface area contributed by atoms with Gasteiger partial charge in [-0.25, -0.2) is 4.79 Å². The van der Waals surface area contributed by atoms with Crippen molar-refractivity contribution in [3.63, 3.8) is 0 Å². The highest BCUT2D eigenvalue weighted by molar-refractivity contribution is 6.18. The van der Waals surface area contributed by atoms with Crippen molar-refractivity contribution in [1.82, 2.24) is 5.32 Å². The smallest absolute Gasteiger partial charge is 0.339 e. The van der Waals surface area contributed by atoms with Crippen molar-refractivity contribution < 1.29 is 19.4 Å². The first-order valence-electron chi connectivity index (χ1n) is 8.25. The first-order valence-corrected chi connectivity index (χ1v) is 8.78. The third kappa shape index (κ3) is 1.59. The van der Waals surface area contributed by atoms with Crippen molar-refractivity contribution in [2.45, 2.75) is 56.3 Å². The molecule has 0 aromatic rings. The van der Waals surface area contributed by atoms with Gasteiger partial charge in [-0.2, -0.15) is 0 Å². The summed E-state index contributed by atoms with van der Waals surface area (Å²) in [4.78, 5) is 24.7. The molecule has 7 unspecified atom stereocenters. The molecule has 2 aliphatic carbocycles. The van der Waals surface area contributed by atoms with Gasteiger partial charge in [0, 0.05) is 5.88 Å². The fraction of sp³-hybridized carbons (Fsp3) is 0.875. The van der Waals surface area contributed by atoms with E-state index in [1.165, 1.54) is 6.42 Å². The second-order valence-corrected chi connectivity index (χ2v) is 7.90. The molecule has 0 aromatic carbocycles. The molecule has 1 amide bonds. The van der Waals surface area contributed by atoms with Crippen LogP contribution < -0.4 is 5.32 Å². The van der Waals surface area contributed by atoms with Crippen molar-refractivity contribution in [2.75, 3.05) is 5.88 Å². The number of hydrogen-bond acceptors (Lipinski definition) is 4. The molecule has 22 heavy (non-hydrogen) atoms. The van der Waals surface area contributed by atoms with Gasteiger partial charge in [-0.15, -0.1) is 11.6 Å². The van der Waals surface area contributed by atoms with Gasteiger partial charge in [0.05, 0.1) is 12.0 Å². The topological polar surface area (TPSA) is 75.6 Å². The van der Waals surface area contributed by atoms with E-state index in [2.05, 4.69) is 5.32 Å². The predicted octanol–water partition coefficient (Wildman–Crippen LogP) is 1.21. The molecule has 122 valence electrons. The lowest BCUT2D eigenvalue weighted by molar-refractivity contribution is -0.240. The van der Waals surface area contributed by atoms with Gasteiger partial charge in [0.25, 0.3) is 0 Å². The van der Waals surface area contributed by atoms with E-state index in [9.17, 15) is 14.7 Å². The fourth-order valence-electron chi connectivity index (χ4n) is 5.24. The largest absolute Gasteiger partial charge is 0.453 e. The number of aliphatic hydroxyl groups is 1. The summed E-state index contributed by atoms with van der Waals surface area (Å²) in [5, 5.41) is 13.8. The van der Waals surface area contributed by atoms with Crippen LogP contribution in [0.2, 0.25) is 0 Å². The highest BCUT2D eigenvalue weighted by Gasteiger charge is 2.80. The minimum absolute atomic E-state index is 0.0842. The van der Waals surface area contributed by atoms with E-state index >= 15 is 0 Å². The third-order valence-electron chi connectivity index (χ3n) is 6.60. The van der Waals surface area contributed by atoms with Crippen molar-refractivity contribution in [1.29, 1.82) is 0 Å². The van der Waals surface area contributed by atoms with Crippen LogP contribution in [0.1, 0.15) is 39.0 Å². The lowest BCUT2D eigenvalue weighted by atomic mass is 9.63. The summed E-state index contributed by atoms with van der Waals surface area (Å²) in [5.74, 6) is 0.414. The van der Waals surface area contributed by atoms with E-state index in [1.807, 2.05) is 0 Å². The molecule has 2 N–H and O–H groups in total. The normalized spacial score (nSPS) is 50.3. The van der Waals surface area contributed by atoms with Gasteiger partial charge < -0.3 is 15.2 Å². The molecule has 0 radical (unpaired) electrons. The molecule has 0 bridgehead atoms. The molecule has 4 fully saturated rings. The Balaban J connectivity index is 1.66. The van der Waals surface area contributed by atoms with E-state index in [0.717, 1.165) is 19.3 Å². The molecule has 7 atom stereocenters. The highest BCUT2D eigenvalue weighted by Crippen LogP contribution is 2.59. The number of fused-ring (bicyclic) bond motifs is 2. The van der Waals surface area contributed by atoms with Crippen molar-refractivity contribution in [2.24, 2.45) is 23.7 Å². The Morgan fingerprint density at radius 3 is 2.91 bits per heavy atom. The number of carbonyl (C=O) groups is 2. The zero-order chi connectivity index (χ0) is 15.7. The number of aliphatic hydroxyl groups excluding tert-OH is 1. The molecule has 5 nitrogen and oxygen atoms in total. The van der Waals surface area contributed by atoms with E-state index < -0.39 is 29.1 Å². The monoisotopic (exact) mass is 327 g/mol. The maximum atomic E-state index is 12.3. The summed E-state index contributed by atoms with van der Waals surface area (Å²) in [6, 6.07) is 0. The van der Waals surface area contributed by atoms with Gasteiger partial charge in [0.2, 0.25) is 11.4 Å². The Morgan fingerprint density at radius 1 is 1.45 bits per heavy atom. The van der Waals surface area contributed by atoms with E-state index in [0.29, 0.717) is 24.1 Å². The number of ether oxygens (including phenoxy) is 1. The summed E-state index contributed by atoms with van der Waals surface area (Å²) in [6.07, 6.45) is 3.96. The van der Waals surface area contributed by atoms with Gasteiger partial charge >= 0.3 is 5.97 Å². The Hall–Kier alpha value is -0.810. The number of amides is 1. The molecule has 4 aliphatic rings. The molecule has 0 aromatic heterocycles. The number of esters is 1. The second kappa shape index (κ2) is 4.60. The van der Waals surface area contributed by atoms with Gasteiger partial charge in [0.1, 0.15) is 0 Å². The molecular formula is C16H22ClNO4. The van der Waals surface area contributed by atoms with Crippen molar-refractivity contribution >= 4 is 23.5 Å². The summed E-state index contributed by atoms with van der Waals surface area (Å²) < 4.78 is 5.41. The standard InChI is InChI=1S/C16H22ClNO4/c1-15-11(5-6-17)13(20)18-16(15,14(21)22-15)12(19)9-4-2-3-8-7-10(8)9/h8-12,19H,2-7H2,1H3,(H,18,20). The van der Waals surface area contributed by atoms with Crippen LogP contribution in [0.15, 0.2) is 0 Å². The van der Waals surface area contributed by atoms with Gasteiger partial charge in [0.15, 0.2) is 5.60 Å². The molecule has 2 heterocycles. The predicted molar refractivity (Wildman–Crippen MR) is 79.1 cm³/mol. The molecule has 2 saturated heterocycles. The second-order valence-electron chi connectivity index (χ2n) is 7.52. The van der Waals surface area contributed by atoms with Gasteiger partial charge in [-0.05, 0) is 43.9 Å². The SMILES string of the molecule is CC12OC(=O)C1(C(O)C1CCCC3CC31)NC(=O)C2CCCl. The maximum Gasteiger partial charge on any atom is 0.339 e. The van der Waals surface area contributed by atoms with Crippen molar-refractivity contribution in [3.8, 4) is 0 Å². The Labute approximate surface area is 134 Å². The maximum absolute atomic E-state index is 12.3. The van der Waals surface area contributed by atoms with Crippen LogP contribution in [0.4, 0.5) is 0 Å². The summed E-state index contributed by atoms with van der Waals surface area (Å²) >= 11 is 5.80. The summed E-state index contributed by atoms with van der Waals surface area (Å²) in [6.45, 7) is 1.76. The quantitative estimate of drug-likeness (QED) is 0.601. The number of rotatable bonds is 4. The Bertz CT molecular complexity index is 540. The average molecular weight is 328 g/mol. The number of halogens is 1. The van der Waals surface area contributed by atoms with Crippen LogP contribution in [-0.2, 0) is 14.3 Å². The first-order chi connectivity index (χ1) is 10.5. The summed E-state index contributed by atoms with van der Waals surface area (Å²) in [7, 11) is 0. The average Bonchev–Trinajstić information content (AvgIpc) is 3.25. The van der Waals surface area contributed by atoms with Gasteiger partial charge in [-0.1, -0.05) is 12.8 Å². The lowest BCUT2D eigenvalue weighted by Gasteiger charge is -2.55. The Morgan fingerprint density at radius 2 is 2.23 bits per heavy atom. The number of carbonyl (C=O) groups excluding carboxylic acids is 2. The van der Waals surface area contributed by atoms with Crippen molar-refractivity contribution in [3.05, 3.63) is 0 Å². The van der Waals surface area contributed by atoms with Crippen LogP contribution in [0.3, 0.4) is 0 Å². The molecule has 0 spiro atoms. The lowest BCUT2D eigenvalue weighted by Crippen LogP contribution is -2.80. The zero-order valence-electron chi connectivity index (χ0n) is 12.7. The van der Waals surface area contributed by atoms with E-state index in [-0.39, 0.29) is 11.8 Å². The molecule has 2 saturated carbocycles. The Kier molecular flexibility index (Phi) is 3.09. The first kappa shape index (κ1) is 14.8. The van der Waals surface area contributed by atoms with Crippen LogP contribution in [0.5, 0.6) is 0 Å². The number of nitrogens with one attached hydrogen (secondary N) is 1. The molecule has 4 rings (SSSR count). The van der Waals surface area contributed by atoms with Crippen LogP contribution in [0.25, 0.3) is 0 Å². The highest BCUT2D eigenvalue weighted by atomic mass is 35.5. The third-order valence-corrected chi connectivity index (χ3v) is 6.82. The molecule has 6 heteroatoms. The van der Waals surface area contributed by atoms with Crippen LogP contribution >= 0.6 is 11.6 Å². The number of alkyl halides is 1. The minimum Gasteiger partial charge on any atom is -0.453 e. The summed E-state index contributed by atoms with van der Waals surface area (Å²) in [5.41, 5.74) is -2.24. The van der Waals surface area contributed by atoms with Crippen LogP contribution in [-0.4, -0.2) is 40.1 Å². The minimum atomic E-state index is -1.27.